The molecule has 1 aliphatic rings. The van der Waals surface area contributed by atoms with Crippen LogP contribution in [0.2, 0.25) is 70.0 Å². The van der Waals surface area contributed by atoms with E-state index in [2.05, 4.69) is 6.55 Å². The third kappa shape index (κ3) is 17.1. The van der Waals surface area contributed by atoms with Crippen LogP contribution >= 0.6 is 0 Å². The number of carbonyl (C=O) groups is 1. The second kappa shape index (κ2) is 22.6. The zero-order valence-corrected chi connectivity index (χ0v) is 42.8. The van der Waals surface area contributed by atoms with E-state index in [1.807, 2.05) is 39.3 Å². The molecule has 0 N–H and O–H groups in total. The van der Waals surface area contributed by atoms with Crippen LogP contribution in [0.3, 0.4) is 0 Å². The van der Waals surface area contributed by atoms with Crippen molar-refractivity contribution in [1.29, 1.82) is 0 Å². The molecule has 1 heterocycles. The standard InChI is InChI=1S/C31H74O15Si7/c1-33-51(34-2,35-3)26-18-22-31(23-19-27-52(36-4,37-5)38-6,24-20-28-53(39-7,40-8)41-9)29-42-30(32)21-17-25-50(16)45-48(12,13)43-47(10,11)44-49(14,15)46-50/h17-29H2,1-16H3. The summed E-state index contributed by atoms with van der Waals surface area (Å²) in [5, 5.41) is 0. The maximum Gasteiger partial charge on any atom is 0.500 e. The summed E-state index contributed by atoms with van der Waals surface area (Å²) in [7, 11) is -4.12. The van der Waals surface area contributed by atoms with Crippen LogP contribution in [0.5, 0.6) is 0 Å². The van der Waals surface area contributed by atoms with Crippen LogP contribution in [-0.4, -0.2) is 137 Å². The average molecular weight is 884 g/mol. The van der Waals surface area contributed by atoms with Crippen LogP contribution in [-0.2, 0) is 65.8 Å². The predicted molar refractivity (Wildman–Crippen MR) is 218 cm³/mol. The number of esters is 1. The van der Waals surface area contributed by atoms with E-state index < -0.39 is 66.1 Å². The zero-order valence-electron chi connectivity index (χ0n) is 35.8. The van der Waals surface area contributed by atoms with Gasteiger partial charge in [-0.15, -0.1) is 0 Å². The minimum absolute atomic E-state index is 0.235. The van der Waals surface area contributed by atoms with Crippen molar-refractivity contribution in [3.63, 3.8) is 0 Å². The van der Waals surface area contributed by atoms with E-state index in [-0.39, 0.29) is 19.0 Å². The van der Waals surface area contributed by atoms with Crippen molar-refractivity contribution >= 4 is 66.6 Å². The first kappa shape index (κ1) is 51.5. The molecule has 1 saturated heterocycles. The molecular formula is C31H74O15Si7. The summed E-state index contributed by atoms with van der Waals surface area (Å²) >= 11 is 0. The van der Waals surface area contributed by atoms with Crippen LogP contribution < -0.4 is 0 Å². The molecule has 0 radical (unpaired) electrons. The molecule has 0 atom stereocenters. The molecule has 0 unspecified atom stereocenters. The third-order valence-electron chi connectivity index (χ3n) is 9.83. The van der Waals surface area contributed by atoms with E-state index in [4.69, 9.17) is 61.0 Å². The van der Waals surface area contributed by atoms with Gasteiger partial charge < -0.3 is 61.0 Å². The van der Waals surface area contributed by atoms with Crippen molar-refractivity contribution in [1.82, 2.24) is 0 Å². The summed E-state index contributed by atoms with van der Waals surface area (Å²) < 4.78 is 84.2. The lowest BCUT2D eigenvalue weighted by Gasteiger charge is -2.47. The molecule has 53 heavy (non-hydrogen) atoms. The summed E-state index contributed by atoms with van der Waals surface area (Å²) in [6, 6.07) is 2.47. The molecular weight excluding hydrogens is 809 g/mol. The molecule has 1 aliphatic heterocycles. The molecule has 0 amide bonds. The molecule has 22 heteroatoms. The molecule has 0 bridgehead atoms. The summed E-state index contributed by atoms with van der Waals surface area (Å²) in [5.74, 6) is -0.259. The average Bonchev–Trinajstić information content (AvgIpc) is 3.08. The molecule has 316 valence electrons. The lowest BCUT2D eigenvalue weighted by molar-refractivity contribution is -0.148. The Morgan fingerprint density at radius 3 is 1.09 bits per heavy atom. The molecule has 0 saturated carbocycles. The third-order valence-corrected chi connectivity index (χ3v) is 34.8. The monoisotopic (exact) mass is 882 g/mol. The number of hydrogen-bond acceptors (Lipinski definition) is 15. The van der Waals surface area contributed by atoms with Crippen LogP contribution in [0.4, 0.5) is 0 Å². The van der Waals surface area contributed by atoms with Crippen molar-refractivity contribution in [2.24, 2.45) is 5.41 Å². The Morgan fingerprint density at radius 1 is 0.491 bits per heavy atom. The van der Waals surface area contributed by atoms with Crippen molar-refractivity contribution < 1.29 is 65.8 Å². The zero-order chi connectivity index (χ0) is 40.7. The second-order valence-electron chi connectivity index (χ2n) is 15.2. The normalized spacial score (nSPS) is 19.1. The quantitative estimate of drug-likeness (QED) is 0.0651. The first-order valence-corrected chi connectivity index (χ1v) is 35.3. The fraction of sp³-hybridized carbons (Fsp3) is 0.968. The number of carbonyl (C=O) groups excluding carboxylic acids is 1. The SMILES string of the molecule is CO[Si](CCCC(CCC[Si](OC)(OC)OC)(CCC[Si](OC)(OC)OC)COC(=O)CCC[Si]1(C)O[Si](C)(C)O[Si](C)(C)O[Si](C)(C)O1)(OC)OC. The maximum atomic E-state index is 13.5. The molecule has 1 fully saturated rings. The largest absolute Gasteiger partial charge is 0.500 e. The van der Waals surface area contributed by atoms with Gasteiger partial charge in [0.05, 0.1) is 6.61 Å². The summed E-state index contributed by atoms with van der Waals surface area (Å²) in [5.41, 5.74) is -0.404. The van der Waals surface area contributed by atoms with Gasteiger partial charge >= 0.3 is 66.6 Å². The van der Waals surface area contributed by atoms with E-state index in [1.165, 1.54) is 0 Å². The summed E-state index contributed by atoms with van der Waals surface area (Å²) in [4.78, 5) is 13.5. The fourth-order valence-corrected chi connectivity index (χ4v) is 34.3. The Bertz CT molecular complexity index is 949. The highest BCUT2D eigenvalue weighted by molar-refractivity contribution is 6.93. The van der Waals surface area contributed by atoms with Crippen LogP contribution in [0.15, 0.2) is 0 Å². The predicted octanol–water partition coefficient (Wildman–Crippen LogP) is 6.53. The molecule has 0 aliphatic carbocycles. The van der Waals surface area contributed by atoms with Crippen molar-refractivity contribution in [2.75, 3.05) is 70.6 Å². The Kier molecular flexibility index (Phi) is 21.9. The van der Waals surface area contributed by atoms with Gasteiger partial charge in [-0.3, -0.25) is 4.79 Å². The number of hydrogen-bond donors (Lipinski definition) is 0. The van der Waals surface area contributed by atoms with Crippen LogP contribution in [0, 0.1) is 5.41 Å². The Labute approximate surface area is 328 Å². The van der Waals surface area contributed by atoms with Gasteiger partial charge in [-0.25, -0.2) is 0 Å². The lowest BCUT2D eigenvalue weighted by atomic mass is 9.76. The molecule has 0 aromatic rings. The van der Waals surface area contributed by atoms with Gasteiger partial charge in [0.2, 0.25) is 0 Å². The second-order valence-corrected chi connectivity index (χ2v) is 38.9. The molecule has 0 aromatic carbocycles. The molecule has 0 aromatic heterocycles. The van der Waals surface area contributed by atoms with Gasteiger partial charge in [-0.05, 0) is 96.8 Å². The Balaban J connectivity index is 3.28. The molecule has 1 rings (SSSR count). The highest BCUT2D eigenvalue weighted by Gasteiger charge is 2.52. The smallest absolute Gasteiger partial charge is 0.465 e. The van der Waals surface area contributed by atoms with E-state index in [9.17, 15) is 4.79 Å². The van der Waals surface area contributed by atoms with Crippen LogP contribution in [0.1, 0.15) is 51.4 Å². The molecule has 15 nitrogen and oxygen atoms in total. The van der Waals surface area contributed by atoms with E-state index in [1.54, 1.807) is 64.0 Å². The summed E-state index contributed by atoms with van der Waals surface area (Å²) in [6.45, 7) is 14.6. The summed E-state index contributed by atoms with van der Waals surface area (Å²) in [6.07, 6.45) is 5.24. The van der Waals surface area contributed by atoms with Crippen molar-refractivity contribution in [3.05, 3.63) is 0 Å². The van der Waals surface area contributed by atoms with Crippen LogP contribution in [0.25, 0.3) is 0 Å². The van der Waals surface area contributed by atoms with Gasteiger partial charge in [0, 0.05) is 94.0 Å². The Hall–Kier alpha value is 0.468. The van der Waals surface area contributed by atoms with E-state index in [0.717, 1.165) is 38.5 Å². The lowest BCUT2D eigenvalue weighted by Crippen LogP contribution is -2.65. The van der Waals surface area contributed by atoms with E-state index >= 15 is 0 Å². The van der Waals surface area contributed by atoms with Gasteiger partial charge in [0.1, 0.15) is 0 Å². The minimum atomic E-state index is -2.84. The van der Waals surface area contributed by atoms with Gasteiger partial charge in [0.25, 0.3) is 0 Å². The maximum absolute atomic E-state index is 13.5. The first-order chi connectivity index (χ1) is 24.6. The number of rotatable bonds is 27. The van der Waals surface area contributed by atoms with Crippen molar-refractivity contribution in [2.45, 2.75) is 121 Å². The van der Waals surface area contributed by atoms with Crippen molar-refractivity contribution in [3.8, 4) is 0 Å². The fourth-order valence-electron chi connectivity index (χ4n) is 7.57. The topological polar surface area (TPSA) is 146 Å². The van der Waals surface area contributed by atoms with E-state index in [0.29, 0.717) is 30.6 Å². The minimum Gasteiger partial charge on any atom is -0.465 e. The highest BCUT2D eigenvalue weighted by atomic mass is 28.5. The van der Waals surface area contributed by atoms with Gasteiger partial charge in [-0.1, -0.05) is 0 Å². The van der Waals surface area contributed by atoms with Gasteiger partial charge in [0.15, 0.2) is 0 Å². The molecule has 0 spiro atoms. The first-order valence-electron chi connectivity index (χ1n) is 18.5. The number of ether oxygens (including phenoxy) is 1. The van der Waals surface area contributed by atoms with Gasteiger partial charge in [-0.2, -0.15) is 0 Å². The Morgan fingerprint density at radius 2 is 0.792 bits per heavy atom. The highest BCUT2D eigenvalue weighted by Crippen LogP contribution is 2.40.